The van der Waals surface area contributed by atoms with Gasteiger partial charge >= 0.3 is 0 Å². The van der Waals surface area contributed by atoms with E-state index in [9.17, 15) is 0 Å². The van der Waals surface area contributed by atoms with E-state index in [1.807, 2.05) is 35.2 Å². The molecule has 92 valence electrons. The van der Waals surface area contributed by atoms with Gasteiger partial charge in [0.2, 0.25) is 5.95 Å². The molecule has 6 heteroatoms. The molecule has 0 aliphatic heterocycles. The summed E-state index contributed by atoms with van der Waals surface area (Å²) < 4.78 is 1.98. The molecule has 18 heavy (non-hydrogen) atoms. The summed E-state index contributed by atoms with van der Waals surface area (Å²) in [6, 6.07) is 5.61. The van der Waals surface area contributed by atoms with Crippen molar-refractivity contribution in [2.75, 3.05) is 5.73 Å². The average molecular weight is 279 g/mol. The van der Waals surface area contributed by atoms with Crippen molar-refractivity contribution in [3.05, 3.63) is 39.3 Å². The van der Waals surface area contributed by atoms with Gasteiger partial charge in [-0.1, -0.05) is 11.6 Å². The van der Waals surface area contributed by atoms with Gasteiger partial charge in [-0.15, -0.1) is 11.3 Å². The number of fused-ring (bicyclic) bond motifs is 1. The normalized spacial score (nSPS) is 11.2. The van der Waals surface area contributed by atoms with Gasteiger partial charge in [-0.3, -0.25) is 0 Å². The minimum atomic E-state index is 0.500. The lowest BCUT2D eigenvalue weighted by Crippen LogP contribution is -2.04. The van der Waals surface area contributed by atoms with Crippen LogP contribution in [0.15, 0.2) is 23.7 Å². The number of aromatic nitrogens is 3. The van der Waals surface area contributed by atoms with E-state index >= 15 is 0 Å². The number of thiazole rings is 1. The Morgan fingerprint density at radius 1 is 1.44 bits per heavy atom. The molecule has 0 spiro atoms. The van der Waals surface area contributed by atoms with E-state index in [1.54, 1.807) is 11.3 Å². The van der Waals surface area contributed by atoms with Gasteiger partial charge in [-0.05, 0) is 25.1 Å². The van der Waals surface area contributed by atoms with Crippen LogP contribution in [0.5, 0.6) is 0 Å². The third kappa shape index (κ3) is 1.85. The Kier molecular flexibility index (Phi) is 2.72. The molecule has 3 aromatic rings. The van der Waals surface area contributed by atoms with E-state index in [2.05, 4.69) is 9.97 Å². The number of hydrogen-bond acceptors (Lipinski definition) is 4. The molecule has 0 saturated carbocycles. The fourth-order valence-corrected chi connectivity index (χ4v) is 2.84. The smallest absolute Gasteiger partial charge is 0.201 e. The van der Waals surface area contributed by atoms with Gasteiger partial charge in [0.15, 0.2) is 0 Å². The molecule has 3 rings (SSSR count). The minimum Gasteiger partial charge on any atom is -0.369 e. The van der Waals surface area contributed by atoms with Crippen LogP contribution in [0.2, 0.25) is 5.02 Å². The van der Waals surface area contributed by atoms with Gasteiger partial charge in [-0.2, -0.15) is 0 Å². The van der Waals surface area contributed by atoms with Gasteiger partial charge in [0, 0.05) is 9.90 Å². The highest BCUT2D eigenvalue weighted by atomic mass is 35.5. The molecule has 0 aliphatic rings. The zero-order valence-corrected chi connectivity index (χ0v) is 11.3. The quantitative estimate of drug-likeness (QED) is 0.784. The average Bonchev–Trinajstić information content (AvgIpc) is 2.85. The number of benzene rings is 1. The van der Waals surface area contributed by atoms with Gasteiger partial charge in [0.1, 0.15) is 0 Å². The van der Waals surface area contributed by atoms with Crippen LogP contribution in [-0.2, 0) is 6.54 Å². The van der Waals surface area contributed by atoms with Crippen LogP contribution in [0.3, 0.4) is 0 Å². The number of anilines is 1. The predicted molar refractivity (Wildman–Crippen MR) is 75.1 cm³/mol. The van der Waals surface area contributed by atoms with Crippen LogP contribution in [0.4, 0.5) is 5.95 Å². The first-order valence-corrected chi connectivity index (χ1v) is 6.71. The van der Waals surface area contributed by atoms with Crippen molar-refractivity contribution in [2.24, 2.45) is 0 Å². The number of halogens is 1. The molecule has 0 unspecified atom stereocenters. The van der Waals surface area contributed by atoms with Crippen molar-refractivity contribution in [1.82, 2.24) is 14.5 Å². The monoisotopic (exact) mass is 278 g/mol. The summed E-state index contributed by atoms with van der Waals surface area (Å²) in [4.78, 5) is 9.76. The largest absolute Gasteiger partial charge is 0.369 e. The maximum atomic E-state index is 5.96. The van der Waals surface area contributed by atoms with Crippen LogP contribution in [0, 0.1) is 6.92 Å². The third-order valence-corrected chi connectivity index (χ3v) is 4.04. The molecule has 0 radical (unpaired) electrons. The van der Waals surface area contributed by atoms with E-state index in [1.165, 1.54) is 4.88 Å². The standard InChI is InChI=1S/C12H11ClN4S/c1-7-11(18-6-15-7)5-17-10-3-2-8(13)4-9(10)16-12(17)14/h2-4,6H,5H2,1H3,(H2,14,16). The SMILES string of the molecule is Cc1ncsc1Cn1c(N)nc2cc(Cl)ccc21. The van der Waals surface area contributed by atoms with Crippen molar-refractivity contribution in [3.63, 3.8) is 0 Å². The summed E-state index contributed by atoms with van der Waals surface area (Å²) in [5, 5.41) is 0.668. The Morgan fingerprint density at radius 2 is 2.28 bits per heavy atom. The topological polar surface area (TPSA) is 56.7 Å². The molecule has 0 atom stereocenters. The minimum absolute atomic E-state index is 0.500. The zero-order valence-electron chi connectivity index (χ0n) is 9.72. The van der Waals surface area contributed by atoms with Crippen molar-refractivity contribution in [1.29, 1.82) is 0 Å². The predicted octanol–water partition coefficient (Wildman–Crippen LogP) is 3.09. The second-order valence-electron chi connectivity index (χ2n) is 4.05. The lowest BCUT2D eigenvalue weighted by Gasteiger charge is -2.05. The van der Waals surface area contributed by atoms with E-state index in [0.717, 1.165) is 16.7 Å². The number of nitrogen functional groups attached to an aromatic ring is 1. The van der Waals surface area contributed by atoms with Gasteiger partial charge in [0.05, 0.1) is 28.8 Å². The highest BCUT2D eigenvalue weighted by molar-refractivity contribution is 7.09. The second-order valence-corrected chi connectivity index (χ2v) is 5.43. The van der Waals surface area contributed by atoms with Crippen LogP contribution >= 0.6 is 22.9 Å². The molecule has 0 aliphatic carbocycles. The summed E-state index contributed by atoms with van der Waals surface area (Å²) in [7, 11) is 0. The van der Waals surface area contributed by atoms with Crippen LogP contribution < -0.4 is 5.73 Å². The summed E-state index contributed by atoms with van der Waals surface area (Å²) in [5.74, 6) is 0.500. The number of aryl methyl sites for hydroxylation is 1. The molecule has 0 bridgehead atoms. The van der Waals surface area contributed by atoms with Gasteiger partial charge < -0.3 is 10.3 Å². The lowest BCUT2D eigenvalue weighted by molar-refractivity contribution is 0.843. The molecule has 2 heterocycles. The third-order valence-electron chi connectivity index (χ3n) is 2.89. The molecule has 2 N–H and O–H groups in total. The van der Waals surface area contributed by atoms with Crippen LogP contribution in [0.1, 0.15) is 10.6 Å². The number of imidazole rings is 1. The molecule has 2 aromatic heterocycles. The maximum absolute atomic E-state index is 5.96. The highest BCUT2D eigenvalue weighted by Gasteiger charge is 2.11. The Labute approximate surface area is 113 Å². The first-order chi connectivity index (χ1) is 8.65. The molecular weight excluding hydrogens is 268 g/mol. The van der Waals surface area contributed by atoms with Gasteiger partial charge in [0.25, 0.3) is 0 Å². The maximum Gasteiger partial charge on any atom is 0.201 e. The molecule has 4 nitrogen and oxygen atoms in total. The summed E-state index contributed by atoms with van der Waals surface area (Å²) in [5.41, 5.74) is 10.7. The van der Waals surface area contributed by atoms with Crippen molar-refractivity contribution < 1.29 is 0 Å². The summed E-state index contributed by atoms with van der Waals surface area (Å²) in [6.07, 6.45) is 0. The molecule has 0 fully saturated rings. The highest BCUT2D eigenvalue weighted by Crippen LogP contribution is 2.24. The van der Waals surface area contributed by atoms with Crippen LogP contribution in [0.25, 0.3) is 11.0 Å². The molecular formula is C12H11ClN4S. The van der Waals surface area contributed by atoms with E-state index in [0.29, 0.717) is 17.5 Å². The number of nitrogens with two attached hydrogens (primary N) is 1. The van der Waals surface area contributed by atoms with E-state index in [-0.39, 0.29) is 0 Å². The van der Waals surface area contributed by atoms with E-state index < -0.39 is 0 Å². The fourth-order valence-electron chi connectivity index (χ4n) is 1.91. The Balaban J connectivity index is 2.11. The Morgan fingerprint density at radius 3 is 3.00 bits per heavy atom. The van der Waals surface area contributed by atoms with Gasteiger partial charge in [-0.25, -0.2) is 9.97 Å². The summed E-state index contributed by atoms with van der Waals surface area (Å²) >= 11 is 7.58. The fraction of sp³-hybridized carbons (Fsp3) is 0.167. The molecule has 1 aromatic carbocycles. The number of hydrogen-bond donors (Lipinski definition) is 1. The van der Waals surface area contributed by atoms with E-state index in [4.69, 9.17) is 17.3 Å². The lowest BCUT2D eigenvalue weighted by atomic mass is 10.3. The molecule has 0 amide bonds. The van der Waals surface area contributed by atoms with Crippen molar-refractivity contribution in [2.45, 2.75) is 13.5 Å². The molecule has 0 saturated heterocycles. The number of rotatable bonds is 2. The Bertz CT molecular complexity index is 716. The van der Waals surface area contributed by atoms with Crippen molar-refractivity contribution in [3.8, 4) is 0 Å². The first kappa shape index (κ1) is 11.5. The number of nitrogens with zero attached hydrogens (tertiary/aromatic N) is 3. The Hall–Kier alpha value is -1.59. The zero-order chi connectivity index (χ0) is 12.7. The summed E-state index contributed by atoms with van der Waals surface area (Å²) in [6.45, 7) is 2.69. The van der Waals surface area contributed by atoms with Crippen LogP contribution in [-0.4, -0.2) is 14.5 Å². The van der Waals surface area contributed by atoms with Crippen molar-refractivity contribution >= 4 is 39.9 Å². The first-order valence-electron chi connectivity index (χ1n) is 5.45. The second kappa shape index (κ2) is 4.26.